The number of hydrogen-bond donors (Lipinski definition) is 2. The van der Waals surface area contributed by atoms with Crippen LogP contribution in [0.15, 0.2) is 0 Å². The normalized spacial score (nSPS) is 14.2. The third kappa shape index (κ3) is 6.51. The Morgan fingerprint density at radius 3 is 2.40 bits per heavy atom. The van der Waals surface area contributed by atoms with Gasteiger partial charge in [0.05, 0.1) is 19.7 Å². The molecule has 1 aliphatic rings. The Hall–Kier alpha value is -1.63. The maximum absolute atomic E-state index is 11.8. The number of nitrogens with zero attached hydrogens (tertiary/aromatic N) is 1. The fourth-order valence-corrected chi connectivity index (χ4v) is 1.78. The van der Waals surface area contributed by atoms with Gasteiger partial charge in [0.2, 0.25) is 5.91 Å². The van der Waals surface area contributed by atoms with E-state index < -0.39 is 11.9 Å². The van der Waals surface area contributed by atoms with Crippen molar-refractivity contribution >= 4 is 17.9 Å². The molecule has 0 aliphatic heterocycles. The number of amides is 3. The molecule has 7 nitrogen and oxygen atoms in total. The molecule has 0 aromatic heterocycles. The monoisotopic (exact) mass is 285 g/mol. The second-order valence-corrected chi connectivity index (χ2v) is 5.12. The van der Waals surface area contributed by atoms with Gasteiger partial charge in [-0.15, -0.1) is 0 Å². The summed E-state index contributed by atoms with van der Waals surface area (Å²) in [6.45, 7) is 5.78. The third-order valence-electron chi connectivity index (χ3n) is 2.72. The molecule has 0 aromatic rings. The molecule has 0 radical (unpaired) electrons. The molecule has 0 aromatic carbocycles. The molecule has 0 heterocycles. The van der Waals surface area contributed by atoms with E-state index in [1.54, 1.807) is 25.7 Å². The molecule has 114 valence electrons. The summed E-state index contributed by atoms with van der Waals surface area (Å²) in [6, 6.07) is -0.322. The molecule has 1 fully saturated rings. The van der Waals surface area contributed by atoms with E-state index in [1.165, 1.54) is 0 Å². The number of nitrogens with one attached hydrogen (secondary N) is 2. The Morgan fingerprint density at radius 2 is 1.90 bits per heavy atom. The van der Waals surface area contributed by atoms with Crippen LogP contribution in [0.2, 0.25) is 0 Å². The molecule has 0 spiro atoms. The Bertz CT molecular complexity index is 367. The molecule has 20 heavy (non-hydrogen) atoms. The lowest BCUT2D eigenvalue weighted by Crippen LogP contribution is -2.47. The van der Waals surface area contributed by atoms with Gasteiger partial charge in [-0.25, -0.2) is 4.79 Å². The fraction of sp³-hybridized carbons (Fsp3) is 0.769. The first-order chi connectivity index (χ1) is 9.42. The van der Waals surface area contributed by atoms with Crippen LogP contribution in [0.5, 0.6) is 0 Å². The molecule has 7 heteroatoms. The lowest BCUT2D eigenvalue weighted by atomic mass is 10.4. The van der Waals surface area contributed by atoms with Crippen molar-refractivity contribution in [3.63, 3.8) is 0 Å². The highest BCUT2D eigenvalue weighted by Gasteiger charge is 2.32. The molecular formula is C13H23N3O4. The summed E-state index contributed by atoms with van der Waals surface area (Å²) < 4.78 is 4.87. The smallest absolute Gasteiger partial charge is 0.321 e. The predicted molar refractivity (Wildman–Crippen MR) is 73.0 cm³/mol. The van der Waals surface area contributed by atoms with Crippen LogP contribution < -0.4 is 10.6 Å². The van der Waals surface area contributed by atoms with Crippen LogP contribution in [0.3, 0.4) is 0 Å². The van der Waals surface area contributed by atoms with Gasteiger partial charge in [-0.05, 0) is 33.6 Å². The van der Waals surface area contributed by atoms with E-state index in [4.69, 9.17) is 4.74 Å². The predicted octanol–water partition coefficient (Wildman–Crippen LogP) is 0.248. The van der Waals surface area contributed by atoms with Crippen molar-refractivity contribution in [3.8, 4) is 0 Å². The number of rotatable bonds is 7. The lowest BCUT2D eigenvalue weighted by Gasteiger charge is -2.20. The van der Waals surface area contributed by atoms with E-state index in [1.807, 2.05) is 0 Å². The highest BCUT2D eigenvalue weighted by atomic mass is 16.5. The van der Waals surface area contributed by atoms with Crippen LogP contribution in [-0.2, 0) is 14.3 Å². The first kappa shape index (κ1) is 16.4. The summed E-state index contributed by atoms with van der Waals surface area (Å²) in [7, 11) is 0. The number of hydrogen-bond acceptors (Lipinski definition) is 5. The lowest BCUT2D eigenvalue weighted by molar-refractivity contribution is -0.144. The van der Waals surface area contributed by atoms with Crippen LogP contribution >= 0.6 is 0 Å². The number of ether oxygens (including phenoxy) is 1. The topological polar surface area (TPSA) is 87.7 Å². The minimum absolute atomic E-state index is 0.0228. The fourth-order valence-electron chi connectivity index (χ4n) is 1.78. The van der Waals surface area contributed by atoms with Crippen LogP contribution in [0, 0.1) is 0 Å². The second kappa shape index (κ2) is 7.84. The number of imide groups is 1. The zero-order valence-corrected chi connectivity index (χ0v) is 12.3. The molecule has 0 atom stereocenters. The van der Waals surface area contributed by atoms with Gasteiger partial charge in [-0.3, -0.25) is 19.8 Å². The summed E-state index contributed by atoms with van der Waals surface area (Å²) in [4.78, 5) is 36.4. The quantitative estimate of drug-likeness (QED) is 0.655. The van der Waals surface area contributed by atoms with E-state index in [0.717, 1.165) is 12.8 Å². The van der Waals surface area contributed by atoms with Crippen molar-refractivity contribution in [2.24, 2.45) is 0 Å². The van der Waals surface area contributed by atoms with E-state index in [-0.39, 0.29) is 31.1 Å². The Balaban J connectivity index is 2.39. The molecular weight excluding hydrogens is 262 g/mol. The summed E-state index contributed by atoms with van der Waals surface area (Å²) in [5.41, 5.74) is 0. The summed E-state index contributed by atoms with van der Waals surface area (Å²) in [5, 5.41) is 4.82. The molecule has 1 saturated carbocycles. The van der Waals surface area contributed by atoms with E-state index in [9.17, 15) is 14.4 Å². The van der Waals surface area contributed by atoms with Crippen molar-refractivity contribution < 1.29 is 19.1 Å². The zero-order chi connectivity index (χ0) is 15.1. The third-order valence-corrected chi connectivity index (χ3v) is 2.72. The molecule has 3 amide bonds. The van der Waals surface area contributed by atoms with Crippen molar-refractivity contribution in [2.75, 3.05) is 19.7 Å². The van der Waals surface area contributed by atoms with Gasteiger partial charge in [0.15, 0.2) is 0 Å². The van der Waals surface area contributed by atoms with Gasteiger partial charge in [-0.1, -0.05) is 0 Å². The van der Waals surface area contributed by atoms with Crippen LogP contribution in [0.1, 0.15) is 33.6 Å². The van der Waals surface area contributed by atoms with Gasteiger partial charge in [0.1, 0.15) is 0 Å². The Labute approximate surface area is 119 Å². The second-order valence-electron chi connectivity index (χ2n) is 5.12. The number of carbonyl (C=O) groups is 3. The highest BCUT2D eigenvalue weighted by Crippen LogP contribution is 2.26. The zero-order valence-electron chi connectivity index (χ0n) is 12.3. The van der Waals surface area contributed by atoms with Crippen molar-refractivity contribution in [2.45, 2.75) is 45.7 Å². The molecule has 0 bridgehead atoms. The van der Waals surface area contributed by atoms with E-state index in [2.05, 4.69) is 10.6 Å². The van der Waals surface area contributed by atoms with Crippen molar-refractivity contribution in [3.05, 3.63) is 0 Å². The Kier molecular flexibility index (Phi) is 6.44. The first-order valence-corrected chi connectivity index (χ1v) is 6.92. The molecule has 1 aliphatic carbocycles. The highest BCUT2D eigenvalue weighted by molar-refractivity contribution is 5.95. The standard InChI is InChI=1S/C13H23N3O4/c1-4-20-12(18)8-16(10-5-6-10)7-11(17)15-13(19)14-9(2)3/h9-10H,4-8H2,1-3H3,(H2,14,15,17,19). The average molecular weight is 285 g/mol. The van der Waals surface area contributed by atoms with Crippen LogP contribution in [-0.4, -0.2) is 54.6 Å². The average Bonchev–Trinajstić information content (AvgIpc) is 3.10. The van der Waals surface area contributed by atoms with Gasteiger partial charge in [0, 0.05) is 12.1 Å². The number of urea groups is 1. The van der Waals surface area contributed by atoms with Crippen LogP contribution in [0.4, 0.5) is 4.79 Å². The maximum Gasteiger partial charge on any atom is 0.321 e. The Morgan fingerprint density at radius 1 is 1.25 bits per heavy atom. The molecule has 1 rings (SSSR count). The maximum atomic E-state index is 11.8. The minimum atomic E-state index is -0.517. The van der Waals surface area contributed by atoms with Gasteiger partial charge < -0.3 is 10.1 Å². The first-order valence-electron chi connectivity index (χ1n) is 6.92. The molecule has 2 N–H and O–H groups in total. The van der Waals surface area contributed by atoms with E-state index in [0.29, 0.717) is 6.61 Å². The summed E-state index contributed by atoms with van der Waals surface area (Å²) in [5.74, 6) is -0.766. The largest absolute Gasteiger partial charge is 0.465 e. The molecule has 0 saturated heterocycles. The number of esters is 1. The van der Waals surface area contributed by atoms with Gasteiger partial charge in [-0.2, -0.15) is 0 Å². The summed E-state index contributed by atoms with van der Waals surface area (Å²) >= 11 is 0. The van der Waals surface area contributed by atoms with Gasteiger partial charge in [0.25, 0.3) is 0 Å². The number of carbonyl (C=O) groups excluding carboxylic acids is 3. The van der Waals surface area contributed by atoms with Gasteiger partial charge >= 0.3 is 12.0 Å². The van der Waals surface area contributed by atoms with Crippen molar-refractivity contribution in [1.29, 1.82) is 0 Å². The SMILES string of the molecule is CCOC(=O)CN(CC(=O)NC(=O)NC(C)C)C1CC1. The van der Waals surface area contributed by atoms with Crippen LogP contribution in [0.25, 0.3) is 0 Å². The molecule has 0 unspecified atom stereocenters. The van der Waals surface area contributed by atoms with Crippen molar-refractivity contribution in [1.82, 2.24) is 15.5 Å². The minimum Gasteiger partial charge on any atom is -0.465 e. The van der Waals surface area contributed by atoms with E-state index >= 15 is 0 Å². The summed E-state index contributed by atoms with van der Waals surface area (Å²) in [6.07, 6.45) is 1.93.